The summed E-state index contributed by atoms with van der Waals surface area (Å²) < 4.78 is 16.9. The summed E-state index contributed by atoms with van der Waals surface area (Å²) in [6.07, 6.45) is 1.05. The third-order valence-electron chi connectivity index (χ3n) is 4.24. The normalized spacial score (nSPS) is 17.5. The molecule has 1 aliphatic heterocycles. The number of para-hydroxylation sites is 1. The number of pyridine rings is 1. The number of nitrogens with zero attached hydrogens (tertiary/aromatic N) is 1. The smallest absolute Gasteiger partial charge is 0.152 e. The largest absolute Gasteiger partial charge is 0.493 e. The lowest BCUT2D eigenvalue weighted by Gasteiger charge is -2.13. The molecule has 1 N–H and O–H groups in total. The third-order valence-corrected chi connectivity index (χ3v) is 4.24. The highest BCUT2D eigenvalue weighted by Gasteiger charge is 2.17. The van der Waals surface area contributed by atoms with E-state index in [1.54, 1.807) is 6.07 Å². The first-order chi connectivity index (χ1) is 11.8. The summed E-state index contributed by atoms with van der Waals surface area (Å²) >= 11 is 0. The molecule has 1 aromatic carbocycles. The summed E-state index contributed by atoms with van der Waals surface area (Å²) in [7, 11) is 0. The maximum Gasteiger partial charge on any atom is 0.152 e. The lowest BCUT2D eigenvalue weighted by molar-refractivity contribution is 0.167. The predicted molar refractivity (Wildman–Crippen MR) is 89.8 cm³/mol. The molecule has 5 nitrogen and oxygen atoms in total. The molecule has 0 aliphatic carbocycles. The standard InChI is InChI=1S/C19H19NO4/c21-10-14-9-17-19(24-14)6-5-16(20-17)15-3-1-2-4-18(15)23-12-13-7-8-22-11-13/h1-6,9,13,21H,7-8,10-12H2. The van der Waals surface area contributed by atoms with Crippen molar-refractivity contribution in [2.24, 2.45) is 5.92 Å². The van der Waals surface area contributed by atoms with Crippen molar-refractivity contribution in [2.75, 3.05) is 19.8 Å². The van der Waals surface area contributed by atoms with Crippen LogP contribution in [0.1, 0.15) is 12.2 Å². The molecule has 1 fully saturated rings. The number of benzene rings is 1. The Kier molecular flexibility index (Phi) is 4.19. The van der Waals surface area contributed by atoms with Gasteiger partial charge in [0.05, 0.1) is 18.9 Å². The highest BCUT2D eigenvalue weighted by atomic mass is 16.5. The van der Waals surface area contributed by atoms with Crippen molar-refractivity contribution in [1.82, 2.24) is 4.98 Å². The van der Waals surface area contributed by atoms with Crippen molar-refractivity contribution < 1.29 is 19.0 Å². The molecule has 5 heteroatoms. The first-order valence-corrected chi connectivity index (χ1v) is 8.14. The van der Waals surface area contributed by atoms with Gasteiger partial charge in [-0.15, -0.1) is 0 Å². The zero-order chi connectivity index (χ0) is 16.4. The number of fused-ring (bicyclic) bond motifs is 1. The molecule has 24 heavy (non-hydrogen) atoms. The predicted octanol–water partition coefficient (Wildman–Crippen LogP) is 3.40. The van der Waals surface area contributed by atoms with Gasteiger partial charge in [-0.25, -0.2) is 4.98 Å². The molecule has 0 amide bonds. The molecule has 4 rings (SSSR count). The summed E-state index contributed by atoms with van der Waals surface area (Å²) in [6.45, 7) is 2.11. The van der Waals surface area contributed by atoms with Gasteiger partial charge in [0.2, 0.25) is 0 Å². The summed E-state index contributed by atoms with van der Waals surface area (Å²) in [6, 6.07) is 13.4. The lowest BCUT2D eigenvalue weighted by Crippen LogP contribution is -2.12. The van der Waals surface area contributed by atoms with Crippen molar-refractivity contribution in [2.45, 2.75) is 13.0 Å². The third kappa shape index (κ3) is 3.00. The zero-order valence-electron chi connectivity index (χ0n) is 13.3. The Balaban J connectivity index is 1.63. The van der Waals surface area contributed by atoms with Crippen molar-refractivity contribution in [3.05, 3.63) is 48.2 Å². The summed E-state index contributed by atoms with van der Waals surface area (Å²) in [4.78, 5) is 4.64. The van der Waals surface area contributed by atoms with Crippen LogP contribution in [0.4, 0.5) is 0 Å². The van der Waals surface area contributed by atoms with E-state index < -0.39 is 0 Å². The van der Waals surface area contributed by atoms with Crippen LogP contribution in [-0.2, 0) is 11.3 Å². The molecule has 2 aromatic heterocycles. The summed E-state index contributed by atoms with van der Waals surface area (Å²) in [5.41, 5.74) is 3.18. The van der Waals surface area contributed by atoms with Crippen LogP contribution in [0.2, 0.25) is 0 Å². The van der Waals surface area contributed by atoms with E-state index in [4.69, 9.17) is 13.9 Å². The highest BCUT2D eigenvalue weighted by molar-refractivity contribution is 5.79. The molecular formula is C19H19NO4. The maximum atomic E-state index is 9.19. The number of aromatic nitrogens is 1. The van der Waals surface area contributed by atoms with E-state index in [2.05, 4.69) is 4.98 Å². The van der Waals surface area contributed by atoms with Crippen LogP contribution >= 0.6 is 0 Å². The van der Waals surface area contributed by atoms with E-state index in [-0.39, 0.29) is 6.61 Å². The number of aliphatic hydroxyl groups excluding tert-OH is 1. The molecule has 3 heterocycles. The number of ether oxygens (including phenoxy) is 2. The summed E-state index contributed by atoms with van der Waals surface area (Å²) in [5, 5.41) is 9.19. The molecule has 0 radical (unpaired) electrons. The molecular weight excluding hydrogens is 306 g/mol. The Morgan fingerprint density at radius 1 is 1.21 bits per heavy atom. The average molecular weight is 325 g/mol. The molecule has 1 atom stereocenters. The summed E-state index contributed by atoms with van der Waals surface area (Å²) in [5.74, 6) is 1.79. The van der Waals surface area contributed by atoms with E-state index in [1.807, 2.05) is 36.4 Å². The molecule has 3 aromatic rings. The number of rotatable bonds is 5. The van der Waals surface area contributed by atoms with Gasteiger partial charge in [-0.3, -0.25) is 0 Å². The Hall–Kier alpha value is -2.37. The molecule has 1 saturated heterocycles. The van der Waals surface area contributed by atoms with Gasteiger partial charge in [-0.1, -0.05) is 12.1 Å². The van der Waals surface area contributed by atoms with Gasteiger partial charge in [0.15, 0.2) is 5.58 Å². The van der Waals surface area contributed by atoms with Crippen LogP contribution in [0, 0.1) is 5.92 Å². The van der Waals surface area contributed by atoms with Gasteiger partial charge in [0.1, 0.15) is 23.6 Å². The van der Waals surface area contributed by atoms with Crippen molar-refractivity contribution in [3.8, 4) is 17.0 Å². The fraction of sp³-hybridized carbons (Fsp3) is 0.316. The maximum absolute atomic E-state index is 9.19. The van der Waals surface area contributed by atoms with Crippen LogP contribution in [0.5, 0.6) is 5.75 Å². The molecule has 1 unspecified atom stereocenters. The van der Waals surface area contributed by atoms with Crippen LogP contribution in [0.25, 0.3) is 22.4 Å². The van der Waals surface area contributed by atoms with Gasteiger partial charge in [0, 0.05) is 24.2 Å². The fourth-order valence-corrected chi connectivity index (χ4v) is 2.93. The second-order valence-corrected chi connectivity index (χ2v) is 5.99. The zero-order valence-corrected chi connectivity index (χ0v) is 13.3. The first kappa shape index (κ1) is 15.2. The quantitative estimate of drug-likeness (QED) is 0.779. The van der Waals surface area contributed by atoms with Gasteiger partial charge in [-0.2, -0.15) is 0 Å². The van der Waals surface area contributed by atoms with E-state index in [0.29, 0.717) is 23.9 Å². The van der Waals surface area contributed by atoms with E-state index in [0.717, 1.165) is 42.2 Å². The second kappa shape index (κ2) is 6.63. The van der Waals surface area contributed by atoms with Gasteiger partial charge in [-0.05, 0) is 30.7 Å². The minimum atomic E-state index is -0.130. The lowest BCUT2D eigenvalue weighted by atomic mass is 10.1. The van der Waals surface area contributed by atoms with Gasteiger partial charge < -0.3 is 19.0 Å². The second-order valence-electron chi connectivity index (χ2n) is 5.99. The van der Waals surface area contributed by atoms with Crippen LogP contribution in [-0.4, -0.2) is 29.9 Å². The van der Waals surface area contributed by atoms with Crippen molar-refractivity contribution in [1.29, 1.82) is 0 Å². The Morgan fingerprint density at radius 2 is 2.12 bits per heavy atom. The fourth-order valence-electron chi connectivity index (χ4n) is 2.93. The Labute approximate surface area is 139 Å². The minimum absolute atomic E-state index is 0.130. The van der Waals surface area contributed by atoms with E-state index >= 15 is 0 Å². The van der Waals surface area contributed by atoms with E-state index in [9.17, 15) is 5.11 Å². The highest BCUT2D eigenvalue weighted by Crippen LogP contribution is 2.31. The topological polar surface area (TPSA) is 64.7 Å². The molecule has 1 aliphatic rings. The number of hydrogen-bond donors (Lipinski definition) is 1. The molecule has 124 valence electrons. The Bertz CT molecular complexity index is 836. The molecule has 0 spiro atoms. The van der Waals surface area contributed by atoms with Gasteiger partial charge in [0.25, 0.3) is 0 Å². The van der Waals surface area contributed by atoms with E-state index in [1.165, 1.54) is 0 Å². The number of aliphatic hydroxyl groups is 1. The van der Waals surface area contributed by atoms with Gasteiger partial charge >= 0.3 is 0 Å². The molecule has 0 bridgehead atoms. The number of furan rings is 1. The van der Waals surface area contributed by atoms with Crippen molar-refractivity contribution >= 4 is 11.1 Å². The van der Waals surface area contributed by atoms with Crippen LogP contribution < -0.4 is 4.74 Å². The number of hydrogen-bond acceptors (Lipinski definition) is 5. The SMILES string of the molecule is OCc1cc2nc(-c3ccccc3OCC3CCOC3)ccc2o1. The van der Waals surface area contributed by atoms with Crippen molar-refractivity contribution in [3.63, 3.8) is 0 Å². The monoisotopic (exact) mass is 325 g/mol. The van der Waals surface area contributed by atoms with Crippen LogP contribution in [0.3, 0.4) is 0 Å². The minimum Gasteiger partial charge on any atom is -0.493 e. The van der Waals surface area contributed by atoms with Crippen LogP contribution in [0.15, 0.2) is 46.9 Å². The Morgan fingerprint density at radius 3 is 2.96 bits per heavy atom. The molecule has 0 saturated carbocycles. The average Bonchev–Trinajstić information content (AvgIpc) is 3.28. The first-order valence-electron chi connectivity index (χ1n) is 8.14.